The molecule has 3 unspecified atom stereocenters. The maximum Gasteiger partial charge on any atom is 0.136 e. The largest absolute Gasteiger partial charge is 0.497 e. The second-order valence-electron chi connectivity index (χ2n) is 5.03. The van der Waals surface area contributed by atoms with Gasteiger partial charge in [-0.3, -0.25) is 4.79 Å². The molecule has 116 valence electrons. The molecule has 0 amide bonds. The maximum absolute atomic E-state index is 11.2. The number of carbonyl (C=O) groups is 1. The number of benzene rings is 1. The van der Waals surface area contributed by atoms with Gasteiger partial charge in [-0.2, -0.15) is 11.8 Å². The van der Waals surface area contributed by atoms with Crippen LogP contribution in [0.15, 0.2) is 24.3 Å². The number of carbonyl (C=O) groups excluding carboxylic acids is 1. The lowest BCUT2D eigenvalue weighted by Gasteiger charge is -2.16. The first-order valence-corrected chi connectivity index (χ1v) is 7.89. The first-order chi connectivity index (χ1) is 10.1. The molecular weight excluding hydrogens is 292 g/mol. The number of Topliss-reactive ketones (excluding diaryl/α,β-unsaturated/α-hetero) is 1. The number of hydrogen-bond donors (Lipinski definition) is 2. The van der Waals surface area contributed by atoms with Gasteiger partial charge in [-0.05, 0) is 24.3 Å². The molecule has 1 aliphatic carbocycles. The minimum Gasteiger partial charge on any atom is -0.497 e. The molecule has 0 spiro atoms. The fourth-order valence-corrected chi connectivity index (χ4v) is 3.31. The van der Waals surface area contributed by atoms with Gasteiger partial charge in [-0.25, -0.2) is 0 Å². The van der Waals surface area contributed by atoms with Gasteiger partial charge in [0, 0.05) is 23.8 Å². The third kappa shape index (κ3) is 4.91. The van der Waals surface area contributed by atoms with Crippen molar-refractivity contribution in [3.8, 4) is 11.5 Å². The van der Waals surface area contributed by atoms with Gasteiger partial charge in [0.15, 0.2) is 0 Å². The smallest absolute Gasteiger partial charge is 0.136 e. The SMILES string of the molecule is COc1ccc(OCC(O)CSC2CC(=O)CC2O)cc1. The zero-order valence-corrected chi connectivity index (χ0v) is 12.7. The van der Waals surface area contributed by atoms with Gasteiger partial charge in [0.2, 0.25) is 0 Å². The fourth-order valence-electron chi connectivity index (χ4n) is 2.13. The van der Waals surface area contributed by atoms with Crippen molar-refractivity contribution in [2.24, 2.45) is 0 Å². The number of rotatable bonds is 7. The second kappa shape index (κ2) is 7.68. The van der Waals surface area contributed by atoms with Crippen molar-refractivity contribution in [2.45, 2.75) is 30.3 Å². The van der Waals surface area contributed by atoms with Gasteiger partial charge in [-0.1, -0.05) is 0 Å². The van der Waals surface area contributed by atoms with Gasteiger partial charge in [0.05, 0.1) is 19.3 Å². The topological polar surface area (TPSA) is 76.0 Å². The molecule has 2 N–H and O–H groups in total. The molecule has 1 aromatic rings. The molecule has 0 radical (unpaired) electrons. The van der Waals surface area contributed by atoms with Crippen LogP contribution in [0.2, 0.25) is 0 Å². The summed E-state index contributed by atoms with van der Waals surface area (Å²) in [5, 5.41) is 19.4. The molecule has 1 aliphatic rings. The predicted molar refractivity (Wildman–Crippen MR) is 81.0 cm³/mol. The molecule has 5 nitrogen and oxygen atoms in total. The van der Waals surface area contributed by atoms with E-state index in [9.17, 15) is 15.0 Å². The van der Waals surface area contributed by atoms with Crippen molar-refractivity contribution in [3.05, 3.63) is 24.3 Å². The Morgan fingerprint density at radius 2 is 1.95 bits per heavy atom. The van der Waals surface area contributed by atoms with Gasteiger partial charge in [0.25, 0.3) is 0 Å². The van der Waals surface area contributed by atoms with E-state index < -0.39 is 12.2 Å². The van der Waals surface area contributed by atoms with Crippen LogP contribution in [0.1, 0.15) is 12.8 Å². The van der Waals surface area contributed by atoms with E-state index in [4.69, 9.17) is 9.47 Å². The van der Waals surface area contributed by atoms with E-state index in [1.165, 1.54) is 11.8 Å². The Hall–Kier alpha value is -1.24. The average Bonchev–Trinajstić information content (AvgIpc) is 2.81. The Kier molecular flexibility index (Phi) is 5.90. The lowest BCUT2D eigenvalue weighted by Crippen LogP contribution is -2.24. The maximum atomic E-state index is 11.2. The highest BCUT2D eigenvalue weighted by molar-refractivity contribution is 8.00. The Morgan fingerprint density at radius 3 is 2.52 bits per heavy atom. The van der Waals surface area contributed by atoms with Crippen LogP contribution in [-0.4, -0.2) is 52.9 Å². The standard InChI is InChI=1S/C15H20O5S/c1-19-12-2-4-13(5-3-12)20-8-11(17)9-21-15-7-10(16)6-14(15)18/h2-5,11,14-15,17-18H,6-9H2,1H3. The summed E-state index contributed by atoms with van der Waals surface area (Å²) >= 11 is 1.42. The van der Waals surface area contributed by atoms with E-state index in [2.05, 4.69) is 0 Å². The summed E-state index contributed by atoms with van der Waals surface area (Å²) in [5.74, 6) is 1.93. The number of aliphatic hydroxyl groups is 2. The zero-order chi connectivity index (χ0) is 15.2. The summed E-state index contributed by atoms with van der Waals surface area (Å²) in [7, 11) is 1.60. The molecule has 0 aromatic heterocycles. The summed E-state index contributed by atoms with van der Waals surface area (Å²) in [5.41, 5.74) is 0. The molecule has 1 fully saturated rings. The van der Waals surface area contributed by atoms with Crippen molar-refractivity contribution in [1.82, 2.24) is 0 Å². The molecule has 3 atom stereocenters. The van der Waals surface area contributed by atoms with Crippen LogP contribution in [0.3, 0.4) is 0 Å². The van der Waals surface area contributed by atoms with Crippen LogP contribution >= 0.6 is 11.8 Å². The van der Waals surface area contributed by atoms with Crippen LogP contribution in [-0.2, 0) is 4.79 Å². The summed E-state index contributed by atoms with van der Waals surface area (Å²) < 4.78 is 10.5. The Balaban J connectivity index is 1.69. The summed E-state index contributed by atoms with van der Waals surface area (Å²) in [4.78, 5) is 11.2. The third-order valence-electron chi connectivity index (χ3n) is 3.30. The number of methoxy groups -OCH3 is 1. The molecule has 0 aliphatic heterocycles. The first-order valence-electron chi connectivity index (χ1n) is 6.84. The minimum atomic E-state index is -0.639. The van der Waals surface area contributed by atoms with Crippen LogP contribution in [0, 0.1) is 0 Å². The number of aliphatic hydroxyl groups excluding tert-OH is 2. The first kappa shape index (κ1) is 16.1. The quantitative estimate of drug-likeness (QED) is 0.789. The lowest BCUT2D eigenvalue weighted by molar-refractivity contribution is -0.117. The van der Waals surface area contributed by atoms with Gasteiger partial charge in [-0.15, -0.1) is 0 Å². The van der Waals surface area contributed by atoms with Gasteiger partial charge >= 0.3 is 0 Å². The number of ether oxygens (including phenoxy) is 2. The molecule has 2 rings (SSSR count). The predicted octanol–water partition coefficient (Wildman–Crippen LogP) is 1.26. The Bertz CT molecular complexity index is 462. The van der Waals surface area contributed by atoms with Crippen LogP contribution in [0.4, 0.5) is 0 Å². The summed E-state index contributed by atoms with van der Waals surface area (Å²) in [6, 6.07) is 7.13. The molecule has 1 aromatic carbocycles. The lowest BCUT2D eigenvalue weighted by atomic mass is 10.3. The average molecular weight is 312 g/mol. The Morgan fingerprint density at radius 1 is 1.29 bits per heavy atom. The second-order valence-corrected chi connectivity index (χ2v) is 6.30. The van der Waals surface area contributed by atoms with Crippen LogP contribution in [0.25, 0.3) is 0 Å². The van der Waals surface area contributed by atoms with E-state index in [1.807, 2.05) is 0 Å². The van der Waals surface area contributed by atoms with E-state index in [0.717, 1.165) is 5.75 Å². The molecule has 0 saturated heterocycles. The van der Waals surface area contributed by atoms with Gasteiger partial charge in [0.1, 0.15) is 23.9 Å². The zero-order valence-electron chi connectivity index (χ0n) is 11.9. The van der Waals surface area contributed by atoms with Gasteiger partial charge < -0.3 is 19.7 Å². The molecule has 0 heterocycles. The van der Waals surface area contributed by atoms with E-state index in [-0.39, 0.29) is 24.1 Å². The number of hydrogen-bond acceptors (Lipinski definition) is 6. The monoisotopic (exact) mass is 312 g/mol. The highest BCUT2D eigenvalue weighted by atomic mass is 32.2. The Labute approximate surface area is 128 Å². The highest BCUT2D eigenvalue weighted by Gasteiger charge is 2.32. The summed E-state index contributed by atoms with van der Waals surface area (Å²) in [6.45, 7) is 0.177. The molecule has 6 heteroatoms. The molecule has 21 heavy (non-hydrogen) atoms. The van der Waals surface area contributed by atoms with Crippen molar-refractivity contribution < 1.29 is 24.5 Å². The molecule has 1 saturated carbocycles. The van der Waals surface area contributed by atoms with Crippen molar-refractivity contribution in [3.63, 3.8) is 0 Å². The molecular formula is C15H20O5S. The summed E-state index contributed by atoms with van der Waals surface area (Å²) in [6.07, 6.45) is -0.606. The fraction of sp³-hybridized carbons (Fsp3) is 0.533. The van der Waals surface area contributed by atoms with Crippen LogP contribution < -0.4 is 9.47 Å². The minimum absolute atomic E-state index is 0.0870. The highest BCUT2D eigenvalue weighted by Crippen LogP contribution is 2.28. The van der Waals surface area contributed by atoms with E-state index in [1.54, 1.807) is 31.4 Å². The van der Waals surface area contributed by atoms with Crippen LogP contribution in [0.5, 0.6) is 11.5 Å². The number of thioether (sulfide) groups is 1. The normalized spacial score (nSPS) is 23.1. The van der Waals surface area contributed by atoms with E-state index >= 15 is 0 Å². The van der Waals surface area contributed by atoms with Crippen molar-refractivity contribution >= 4 is 17.5 Å². The van der Waals surface area contributed by atoms with E-state index in [0.29, 0.717) is 17.9 Å². The number of ketones is 1. The van der Waals surface area contributed by atoms with Crippen molar-refractivity contribution in [1.29, 1.82) is 0 Å². The van der Waals surface area contributed by atoms with Crippen molar-refractivity contribution in [2.75, 3.05) is 19.5 Å². The third-order valence-corrected chi connectivity index (χ3v) is 4.79. The molecule has 0 bridgehead atoms.